The summed E-state index contributed by atoms with van der Waals surface area (Å²) in [6, 6.07) is 5.04. The zero-order chi connectivity index (χ0) is 12.4. The summed E-state index contributed by atoms with van der Waals surface area (Å²) in [5.74, 6) is 0.272. The van der Waals surface area contributed by atoms with Crippen molar-refractivity contribution in [3.05, 3.63) is 45.1 Å². The van der Waals surface area contributed by atoms with Crippen molar-refractivity contribution in [3.63, 3.8) is 0 Å². The molecule has 3 nitrogen and oxygen atoms in total. The van der Waals surface area contributed by atoms with E-state index in [1.54, 1.807) is 23.5 Å². The summed E-state index contributed by atoms with van der Waals surface area (Å²) in [6.07, 6.45) is 0. The minimum absolute atomic E-state index is 0.0598. The highest BCUT2D eigenvalue weighted by Gasteiger charge is 2.15. The third-order valence-electron chi connectivity index (χ3n) is 2.53. The van der Waals surface area contributed by atoms with Crippen LogP contribution in [-0.4, -0.2) is 12.2 Å². The molecule has 0 saturated heterocycles. The molecule has 1 atom stereocenters. The number of aromatic hydroxyl groups is 1. The van der Waals surface area contributed by atoms with E-state index in [2.05, 4.69) is 0 Å². The number of nitrogens with two attached hydrogens (primary N) is 1. The Morgan fingerprint density at radius 2 is 2.18 bits per heavy atom. The monoisotopic (exact) mass is 269 g/mol. The number of benzene rings is 1. The molecule has 0 radical (unpaired) electrons. The fourth-order valence-corrected chi connectivity index (χ4v) is 2.49. The predicted octanol–water partition coefficient (Wildman–Crippen LogP) is 3.16. The Labute approximate surface area is 108 Å². The van der Waals surface area contributed by atoms with Gasteiger partial charge in [-0.2, -0.15) is 11.3 Å². The molecule has 0 amide bonds. The van der Waals surface area contributed by atoms with Crippen LogP contribution in [-0.2, 0) is 0 Å². The topological polar surface area (TPSA) is 55.5 Å². The van der Waals surface area contributed by atoms with Crippen molar-refractivity contribution in [2.75, 3.05) is 7.11 Å². The first-order chi connectivity index (χ1) is 8.13. The van der Waals surface area contributed by atoms with Crippen LogP contribution in [0.5, 0.6) is 11.5 Å². The van der Waals surface area contributed by atoms with Crippen LogP contribution in [0.3, 0.4) is 0 Å². The van der Waals surface area contributed by atoms with E-state index >= 15 is 0 Å². The Morgan fingerprint density at radius 1 is 1.41 bits per heavy atom. The molecule has 2 aromatic rings. The van der Waals surface area contributed by atoms with Gasteiger partial charge in [0.05, 0.1) is 18.2 Å². The van der Waals surface area contributed by atoms with Crippen LogP contribution >= 0.6 is 22.9 Å². The van der Waals surface area contributed by atoms with Crippen LogP contribution < -0.4 is 10.5 Å². The number of rotatable bonds is 3. The first kappa shape index (κ1) is 12.2. The second-order valence-electron chi connectivity index (χ2n) is 3.59. The fourth-order valence-electron chi connectivity index (χ4n) is 1.57. The second kappa shape index (κ2) is 4.96. The van der Waals surface area contributed by atoms with E-state index in [9.17, 15) is 5.11 Å². The van der Waals surface area contributed by atoms with Crippen molar-refractivity contribution in [2.45, 2.75) is 6.04 Å². The zero-order valence-corrected chi connectivity index (χ0v) is 10.8. The maximum absolute atomic E-state index is 9.64. The van der Waals surface area contributed by atoms with Gasteiger partial charge in [-0.3, -0.25) is 0 Å². The Kier molecular flexibility index (Phi) is 3.57. The summed E-state index contributed by atoms with van der Waals surface area (Å²) in [7, 11) is 1.48. The number of phenols is 1. The summed E-state index contributed by atoms with van der Waals surface area (Å²) in [5, 5.41) is 13.8. The minimum atomic E-state index is -0.270. The van der Waals surface area contributed by atoms with Gasteiger partial charge in [-0.25, -0.2) is 0 Å². The van der Waals surface area contributed by atoms with Gasteiger partial charge in [-0.05, 0) is 40.1 Å². The molecule has 0 aliphatic carbocycles. The molecule has 0 saturated carbocycles. The summed E-state index contributed by atoms with van der Waals surface area (Å²) >= 11 is 7.51. The minimum Gasteiger partial charge on any atom is -0.503 e. The molecule has 0 fully saturated rings. The molecule has 3 N–H and O–H groups in total. The zero-order valence-electron chi connectivity index (χ0n) is 9.18. The quantitative estimate of drug-likeness (QED) is 0.900. The average molecular weight is 270 g/mol. The van der Waals surface area contributed by atoms with Crippen molar-refractivity contribution < 1.29 is 9.84 Å². The number of halogens is 1. The van der Waals surface area contributed by atoms with Crippen LogP contribution in [0.15, 0.2) is 29.0 Å². The van der Waals surface area contributed by atoms with Gasteiger partial charge in [-0.1, -0.05) is 11.6 Å². The molecule has 1 heterocycles. The van der Waals surface area contributed by atoms with Crippen molar-refractivity contribution >= 4 is 22.9 Å². The van der Waals surface area contributed by atoms with Crippen LogP contribution in [0, 0.1) is 0 Å². The van der Waals surface area contributed by atoms with E-state index in [1.165, 1.54) is 7.11 Å². The van der Waals surface area contributed by atoms with Crippen LogP contribution in [0.4, 0.5) is 0 Å². The second-order valence-corrected chi connectivity index (χ2v) is 4.78. The molecule has 1 aromatic carbocycles. The third kappa shape index (κ3) is 2.39. The number of hydrogen-bond acceptors (Lipinski definition) is 4. The normalized spacial score (nSPS) is 12.4. The van der Waals surface area contributed by atoms with Gasteiger partial charge in [0.1, 0.15) is 0 Å². The lowest BCUT2D eigenvalue weighted by Gasteiger charge is -2.13. The summed E-state index contributed by atoms with van der Waals surface area (Å²) < 4.78 is 5.05. The molecule has 0 aliphatic rings. The van der Waals surface area contributed by atoms with Crippen LogP contribution in [0.25, 0.3) is 0 Å². The highest BCUT2D eigenvalue weighted by molar-refractivity contribution is 7.08. The van der Waals surface area contributed by atoms with E-state index in [-0.39, 0.29) is 16.8 Å². The fraction of sp³-hybridized carbons (Fsp3) is 0.167. The lowest BCUT2D eigenvalue weighted by atomic mass is 10.0. The van der Waals surface area contributed by atoms with Gasteiger partial charge in [0, 0.05) is 0 Å². The van der Waals surface area contributed by atoms with Gasteiger partial charge >= 0.3 is 0 Å². The summed E-state index contributed by atoms with van der Waals surface area (Å²) in [4.78, 5) is 0. The van der Waals surface area contributed by atoms with E-state index in [0.717, 1.165) is 11.1 Å². The maximum atomic E-state index is 9.64. The molecule has 1 aromatic heterocycles. The van der Waals surface area contributed by atoms with Crippen LogP contribution in [0.2, 0.25) is 5.02 Å². The number of thiophene rings is 1. The van der Waals surface area contributed by atoms with E-state index < -0.39 is 0 Å². The molecule has 0 bridgehead atoms. The van der Waals surface area contributed by atoms with Crippen molar-refractivity contribution in [2.24, 2.45) is 5.73 Å². The maximum Gasteiger partial charge on any atom is 0.176 e. The standard InChI is InChI=1S/C12H12ClNO2S/c1-16-10-5-8(4-9(13)12(10)15)11(14)7-2-3-17-6-7/h2-6,11,15H,14H2,1H3/t11-/m1/s1. The number of methoxy groups -OCH3 is 1. The van der Waals surface area contributed by atoms with E-state index in [1.807, 2.05) is 16.8 Å². The van der Waals surface area contributed by atoms with Gasteiger partial charge in [0.15, 0.2) is 11.5 Å². The van der Waals surface area contributed by atoms with Gasteiger partial charge in [0.2, 0.25) is 0 Å². The smallest absolute Gasteiger partial charge is 0.176 e. The Bertz CT molecular complexity index is 513. The van der Waals surface area contributed by atoms with Gasteiger partial charge in [-0.15, -0.1) is 0 Å². The lowest BCUT2D eigenvalue weighted by molar-refractivity contribution is 0.373. The number of phenolic OH excluding ortho intramolecular Hbond substituents is 1. The number of hydrogen-bond donors (Lipinski definition) is 2. The SMILES string of the molecule is COc1cc([C@H](N)c2ccsc2)cc(Cl)c1O. The Balaban J connectivity index is 2.43. The number of ether oxygens (including phenoxy) is 1. The van der Waals surface area contributed by atoms with E-state index in [4.69, 9.17) is 22.1 Å². The Morgan fingerprint density at radius 3 is 2.76 bits per heavy atom. The third-order valence-corrected chi connectivity index (χ3v) is 3.52. The molecule has 5 heteroatoms. The first-order valence-electron chi connectivity index (χ1n) is 4.97. The average Bonchev–Trinajstić information content (AvgIpc) is 2.85. The molecule has 0 spiro atoms. The lowest BCUT2D eigenvalue weighted by Crippen LogP contribution is -2.11. The largest absolute Gasteiger partial charge is 0.503 e. The molecule has 0 aliphatic heterocycles. The van der Waals surface area contributed by atoms with E-state index in [0.29, 0.717) is 5.75 Å². The highest BCUT2D eigenvalue weighted by Crippen LogP contribution is 2.37. The molecule has 0 unspecified atom stereocenters. The Hall–Kier alpha value is -1.23. The first-order valence-corrected chi connectivity index (χ1v) is 6.29. The molecular weight excluding hydrogens is 258 g/mol. The highest BCUT2D eigenvalue weighted by atomic mass is 35.5. The molecule has 2 rings (SSSR count). The summed E-state index contributed by atoms with van der Waals surface area (Å²) in [6.45, 7) is 0. The van der Waals surface area contributed by atoms with Crippen molar-refractivity contribution in [3.8, 4) is 11.5 Å². The van der Waals surface area contributed by atoms with Crippen molar-refractivity contribution in [1.82, 2.24) is 0 Å². The summed E-state index contributed by atoms with van der Waals surface area (Å²) in [5.41, 5.74) is 7.94. The van der Waals surface area contributed by atoms with Gasteiger partial charge < -0.3 is 15.6 Å². The predicted molar refractivity (Wildman–Crippen MR) is 70.0 cm³/mol. The van der Waals surface area contributed by atoms with Gasteiger partial charge in [0.25, 0.3) is 0 Å². The van der Waals surface area contributed by atoms with Crippen molar-refractivity contribution in [1.29, 1.82) is 0 Å². The molecular formula is C12H12ClNO2S. The molecule has 90 valence electrons. The molecule has 17 heavy (non-hydrogen) atoms. The van der Waals surface area contributed by atoms with Crippen LogP contribution in [0.1, 0.15) is 17.2 Å².